The molecule has 0 aromatic rings. The van der Waals surface area contributed by atoms with Crippen LogP contribution < -0.4 is 10.5 Å². The van der Waals surface area contributed by atoms with Gasteiger partial charge in [0.05, 0.1) is 0 Å². The molecule has 0 radical (unpaired) electrons. The van der Waals surface area contributed by atoms with Crippen LogP contribution in [0.4, 0.5) is 0 Å². The van der Waals surface area contributed by atoms with E-state index in [9.17, 15) is 8.42 Å². The van der Waals surface area contributed by atoms with Crippen molar-refractivity contribution in [2.75, 3.05) is 25.4 Å². The molecule has 2 fully saturated rings. The summed E-state index contributed by atoms with van der Waals surface area (Å²) in [5.74, 6) is 1.13. The molecule has 0 aromatic heterocycles. The summed E-state index contributed by atoms with van der Waals surface area (Å²) in [6.45, 7) is 3.67. The fourth-order valence-electron chi connectivity index (χ4n) is 2.83. The molecule has 3 N–H and O–H groups in total. The zero-order valence-corrected chi connectivity index (χ0v) is 13.2. The smallest absolute Gasteiger partial charge is 0.279 e. The lowest BCUT2D eigenvalue weighted by molar-refractivity contribution is 0.254. The Hall–Kier alpha value is 0.180. The van der Waals surface area contributed by atoms with Crippen molar-refractivity contribution in [2.45, 2.75) is 49.8 Å². The van der Waals surface area contributed by atoms with Crippen molar-refractivity contribution in [3.63, 3.8) is 0 Å². The maximum atomic E-state index is 12.4. The van der Waals surface area contributed by atoms with Crippen molar-refractivity contribution >= 4 is 22.0 Å². The van der Waals surface area contributed by atoms with E-state index in [0.717, 1.165) is 31.4 Å². The highest BCUT2D eigenvalue weighted by molar-refractivity contribution is 8.00. The summed E-state index contributed by atoms with van der Waals surface area (Å²) in [5.41, 5.74) is 5.70. The number of piperidine rings is 1. The van der Waals surface area contributed by atoms with Gasteiger partial charge in [-0.25, -0.2) is 4.72 Å². The molecule has 19 heavy (non-hydrogen) atoms. The van der Waals surface area contributed by atoms with Crippen LogP contribution in [0.2, 0.25) is 0 Å². The summed E-state index contributed by atoms with van der Waals surface area (Å²) in [6, 6.07) is -0.0321. The summed E-state index contributed by atoms with van der Waals surface area (Å²) in [7, 11) is -3.38. The lowest BCUT2D eigenvalue weighted by Gasteiger charge is -2.34. The van der Waals surface area contributed by atoms with Gasteiger partial charge in [-0.2, -0.15) is 24.5 Å². The largest absolute Gasteiger partial charge is 0.329 e. The van der Waals surface area contributed by atoms with Crippen LogP contribution in [-0.2, 0) is 10.2 Å². The Morgan fingerprint density at radius 2 is 2.21 bits per heavy atom. The molecule has 2 atom stereocenters. The van der Waals surface area contributed by atoms with Crippen molar-refractivity contribution in [1.29, 1.82) is 0 Å². The van der Waals surface area contributed by atoms with Crippen molar-refractivity contribution in [3.05, 3.63) is 0 Å². The molecule has 2 rings (SSSR count). The number of nitrogens with zero attached hydrogens (tertiary/aromatic N) is 1. The maximum absolute atomic E-state index is 12.4. The molecular weight excluding hydrogens is 282 g/mol. The second kappa shape index (κ2) is 6.30. The van der Waals surface area contributed by atoms with Crippen LogP contribution in [0.5, 0.6) is 0 Å². The molecule has 2 heterocycles. The van der Waals surface area contributed by atoms with Gasteiger partial charge in [0.2, 0.25) is 0 Å². The Labute approximate surface area is 120 Å². The average molecular weight is 307 g/mol. The zero-order valence-electron chi connectivity index (χ0n) is 11.6. The molecule has 0 bridgehead atoms. The van der Waals surface area contributed by atoms with Crippen LogP contribution in [0.25, 0.3) is 0 Å². The first-order chi connectivity index (χ1) is 8.97. The van der Waals surface area contributed by atoms with Crippen LogP contribution in [0.15, 0.2) is 0 Å². The average Bonchev–Trinajstić information content (AvgIpc) is 2.84. The predicted molar refractivity (Wildman–Crippen MR) is 80.4 cm³/mol. The van der Waals surface area contributed by atoms with E-state index in [1.54, 1.807) is 4.31 Å². The van der Waals surface area contributed by atoms with Gasteiger partial charge in [-0.3, -0.25) is 0 Å². The number of hydrogen-bond acceptors (Lipinski definition) is 4. The molecule has 5 nitrogen and oxygen atoms in total. The van der Waals surface area contributed by atoms with Crippen molar-refractivity contribution in [2.24, 2.45) is 5.73 Å². The predicted octanol–water partition coefficient (Wildman–Crippen LogP) is 0.920. The van der Waals surface area contributed by atoms with E-state index in [0.29, 0.717) is 19.6 Å². The fraction of sp³-hybridized carbons (Fsp3) is 1.00. The summed E-state index contributed by atoms with van der Waals surface area (Å²) < 4.78 is 29.2. The summed E-state index contributed by atoms with van der Waals surface area (Å²) in [6.07, 6.45) is 5.15. The lowest BCUT2D eigenvalue weighted by atomic mass is 10.1. The van der Waals surface area contributed by atoms with Gasteiger partial charge in [0.15, 0.2) is 0 Å². The second-order valence-electron chi connectivity index (χ2n) is 5.72. The molecule has 2 unspecified atom stereocenters. The topological polar surface area (TPSA) is 75.4 Å². The molecule has 2 aliphatic rings. The third-order valence-electron chi connectivity index (χ3n) is 4.08. The van der Waals surface area contributed by atoms with Crippen LogP contribution in [0.1, 0.15) is 39.0 Å². The number of nitrogens with two attached hydrogens (primary N) is 1. The van der Waals surface area contributed by atoms with Gasteiger partial charge in [0.1, 0.15) is 0 Å². The SMILES string of the molecule is CC1(CNS(=O)(=O)N2CCCCC2CN)CCCS1. The number of thioether (sulfide) groups is 1. The third kappa shape index (κ3) is 3.85. The first-order valence-electron chi connectivity index (χ1n) is 7.07. The van der Waals surface area contributed by atoms with Crippen LogP contribution >= 0.6 is 11.8 Å². The molecular formula is C12H25N3O2S2. The standard InChI is InChI=1S/C12H25N3O2S2/c1-12(6-4-8-18-12)10-14-19(16,17)15-7-3-2-5-11(15)9-13/h11,14H,2-10,13H2,1H3. The number of hydrogen-bond donors (Lipinski definition) is 2. The number of nitrogens with one attached hydrogen (secondary N) is 1. The van der Waals surface area contributed by atoms with Gasteiger partial charge in [-0.1, -0.05) is 6.42 Å². The quantitative estimate of drug-likeness (QED) is 0.792. The maximum Gasteiger partial charge on any atom is 0.279 e. The first-order valence-corrected chi connectivity index (χ1v) is 9.50. The van der Waals surface area contributed by atoms with Crippen molar-refractivity contribution in [1.82, 2.24) is 9.03 Å². The second-order valence-corrected chi connectivity index (χ2v) is 9.11. The molecule has 0 amide bonds. The van der Waals surface area contributed by atoms with E-state index in [1.165, 1.54) is 6.42 Å². The van der Waals surface area contributed by atoms with Crippen LogP contribution in [-0.4, -0.2) is 48.9 Å². The van der Waals surface area contributed by atoms with Gasteiger partial charge in [-0.15, -0.1) is 0 Å². The molecule has 2 saturated heterocycles. The monoisotopic (exact) mass is 307 g/mol. The molecule has 2 aliphatic heterocycles. The van der Waals surface area contributed by atoms with Crippen molar-refractivity contribution < 1.29 is 8.42 Å². The Bertz CT molecular complexity index is 394. The number of rotatable bonds is 5. The lowest BCUT2D eigenvalue weighted by Crippen LogP contribution is -2.53. The molecule has 112 valence electrons. The third-order valence-corrected chi connectivity index (χ3v) is 7.23. The van der Waals surface area contributed by atoms with E-state index in [4.69, 9.17) is 5.73 Å². The zero-order chi connectivity index (χ0) is 13.9. The highest BCUT2D eigenvalue weighted by atomic mass is 32.2. The Morgan fingerprint density at radius 3 is 2.84 bits per heavy atom. The summed E-state index contributed by atoms with van der Waals surface area (Å²) >= 11 is 1.87. The highest BCUT2D eigenvalue weighted by Crippen LogP contribution is 2.37. The normalized spacial score (nSPS) is 33.7. The van der Waals surface area contributed by atoms with E-state index >= 15 is 0 Å². The van der Waals surface area contributed by atoms with Crippen molar-refractivity contribution in [3.8, 4) is 0 Å². The molecule has 0 aromatic carbocycles. The van der Waals surface area contributed by atoms with E-state index in [1.807, 2.05) is 11.8 Å². The summed E-state index contributed by atoms with van der Waals surface area (Å²) in [4.78, 5) is 0. The minimum absolute atomic E-state index is 0.0321. The van der Waals surface area contributed by atoms with Crippen LogP contribution in [0, 0.1) is 0 Å². The van der Waals surface area contributed by atoms with E-state index in [-0.39, 0.29) is 10.8 Å². The van der Waals surface area contributed by atoms with Gasteiger partial charge in [-0.05, 0) is 38.4 Å². The highest BCUT2D eigenvalue weighted by Gasteiger charge is 2.35. The van der Waals surface area contributed by atoms with E-state index in [2.05, 4.69) is 11.6 Å². The minimum Gasteiger partial charge on any atom is -0.329 e. The van der Waals surface area contributed by atoms with E-state index < -0.39 is 10.2 Å². The Morgan fingerprint density at radius 1 is 1.42 bits per heavy atom. The molecule has 0 aliphatic carbocycles. The first kappa shape index (κ1) is 15.6. The fourth-order valence-corrected chi connectivity index (χ4v) is 5.79. The molecule has 0 saturated carbocycles. The molecule has 7 heteroatoms. The van der Waals surface area contributed by atoms with Gasteiger partial charge >= 0.3 is 0 Å². The molecule has 0 spiro atoms. The Kier molecular flexibility index (Phi) is 5.16. The van der Waals surface area contributed by atoms with Crippen LogP contribution in [0.3, 0.4) is 0 Å². The van der Waals surface area contributed by atoms with Gasteiger partial charge in [0.25, 0.3) is 10.2 Å². The minimum atomic E-state index is -3.38. The van der Waals surface area contributed by atoms with Gasteiger partial charge in [0, 0.05) is 30.4 Å². The summed E-state index contributed by atoms with van der Waals surface area (Å²) in [5, 5.41) is 0. The van der Waals surface area contributed by atoms with Gasteiger partial charge < -0.3 is 5.73 Å². The Balaban J connectivity index is 1.96.